The summed E-state index contributed by atoms with van der Waals surface area (Å²) in [4.78, 5) is 8.43. The number of benzene rings is 1. The van der Waals surface area contributed by atoms with E-state index in [0.717, 1.165) is 12.3 Å². The van der Waals surface area contributed by atoms with Crippen molar-refractivity contribution in [3.63, 3.8) is 0 Å². The highest BCUT2D eigenvalue weighted by atomic mass is 35.5. The number of alkyl halides is 3. The largest absolute Gasteiger partial charge is 0.487 e. The van der Waals surface area contributed by atoms with Crippen molar-refractivity contribution in [2.24, 2.45) is 0 Å². The second-order valence-corrected chi connectivity index (χ2v) is 7.42. The zero-order chi connectivity index (χ0) is 22.3. The van der Waals surface area contributed by atoms with Crippen LogP contribution in [0.3, 0.4) is 0 Å². The van der Waals surface area contributed by atoms with Gasteiger partial charge in [0.2, 0.25) is 5.82 Å². The van der Waals surface area contributed by atoms with Crippen molar-refractivity contribution in [2.45, 2.75) is 19.2 Å². The molecular weight excluding hydrogens is 460 g/mol. The minimum absolute atomic E-state index is 0.00585. The van der Waals surface area contributed by atoms with Gasteiger partial charge in [-0.05, 0) is 25.1 Å². The molecule has 1 N–H and O–H groups in total. The number of fused-ring (bicyclic) bond motifs is 1. The topological polar surface area (TPSA) is 85.7 Å². The lowest BCUT2D eigenvalue weighted by atomic mass is 10.2. The van der Waals surface area contributed by atoms with Crippen LogP contribution in [-0.2, 0) is 6.18 Å². The molecule has 0 aliphatic rings. The SMILES string of the molecule is CC(CO)Oc1cc(Cl)c(-c2noc(-c3cn4cc(C(F)(F)F)ccc4n3)n2)cc1Cl. The summed E-state index contributed by atoms with van der Waals surface area (Å²) in [6, 6.07) is 5.13. The van der Waals surface area contributed by atoms with E-state index < -0.39 is 17.8 Å². The molecule has 1 aromatic carbocycles. The number of pyridine rings is 1. The molecule has 4 rings (SSSR count). The number of nitrogens with zero attached hydrogens (tertiary/aromatic N) is 4. The predicted molar refractivity (Wildman–Crippen MR) is 106 cm³/mol. The van der Waals surface area contributed by atoms with Gasteiger partial charge in [-0.1, -0.05) is 28.4 Å². The Kier molecular flexibility index (Phi) is 5.54. The summed E-state index contributed by atoms with van der Waals surface area (Å²) >= 11 is 12.5. The van der Waals surface area contributed by atoms with Gasteiger partial charge in [0.15, 0.2) is 0 Å². The van der Waals surface area contributed by atoms with Crippen LogP contribution in [0.25, 0.3) is 28.6 Å². The molecule has 3 aromatic heterocycles. The van der Waals surface area contributed by atoms with Crippen molar-refractivity contribution in [1.82, 2.24) is 19.5 Å². The van der Waals surface area contributed by atoms with Gasteiger partial charge in [-0.3, -0.25) is 0 Å². The van der Waals surface area contributed by atoms with Gasteiger partial charge in [-0.25, -0.2) is 4.98 Å². The van der Waals surface area contributed by atoms with Crippen LogP contribution in [0.4, 0.5) is 13.2 Å². The first-order valence-corrected chi connectivity index (χ1v) is 9.58. The van der Waals surface area contributed by atoms with Gasteiger partial charge in [0.1, 0.15) is 23.2 Å². The van der Waals surface area contributed by atoms with Crippen molar-refractivity contribution in [2.75, 3.05) is 6.61 Å². The molecule has 0 aliphatic carbocycles. The Hall–Kier alpha value is -2.82. The summed E-state index contributed by atoms with van der Waals surface area (Å²) in [6.45, 7) is 1.46. The van der Waals surface area contributed by atoms with Gasteiger partial charge in [0.05, 0.1) is 22.2 Å². The van der Waals surface area contributed by atoms with E-state index in [9.17, 15) is 13.2 Å². The Morgan fingerprint density at radius 3 is 2.65 bits per heavy atom. The molecule has 0 spiro atoms. The third kappa shape index (κ3) is 4.32. The Morgan fingerprint density at radius 1 is 1.16 bits per heavy atom. The van der Waals surface area contributed by atoms with Gasteiger partial charge in [-0.15, -0.1) is 0 Å². The number of halogens is 5. The Bertz CT molecular complexity index is 1260. The summed E-state index contributed by atoms with van der Waals surface area (Å²) < 4.78 is 50.6. The fourth-order valence-corrected chi connectivity index (χ4v) is 3.19. The van der Waals surface area contributed by atoms with Crippen molar-refractivity contribution in [1.29, 1.82) is 0 Å². The van der Waals surface area contributed by atoms with Crippen molar-refractivity contribution in [3.05, 3.63) is 52.3 Å². The molecule has 3 heterocycles. The van der Waals surface area contributed by atoms with Gasteiger partial charge in [0.25, 0.3) is 5.89 Å². The molecule has 0 saturated heterocycles. The number of hydrogen-bond acceptors (Lipinski definition) is 6. The molecule has 0 radical (unpaired) electrons. The van der Waals surface area contributed by atoms with Crippen molar-refractivity contribution >= 4 is 28.8 Å². The van der Waals surface area contributed by atoms with Gasteiger partial charge < -0.3 is 18.8 Å². The highest BCUT2D eigenvalue weighted by Crippen LogP contribution is 2.37. The number of aliphatic hydroxyl groups excluding tert-OH is 1. The van der Waals surface area contributed by atoms with Crippen molar-refractivity contribution < 1.29 is 27.5 Å². The third-order valence-electron chi connectivity index (χ3n) is 4.27. The van der Waals surface area contributed by atoms with E-state index in [1.54, 1.807) is 6.92 Å². The van der Waals surface area contributed by atoms with E-state index >= 15 is 0 Å². The summed E-state index contributed by atoms with van der Waals surface area (Å²) in [7, 11) is 0. The average molecular weight is 473 g/mol. The predicted octanol–water partition coefficient (Wildman–Crippen LogP) is 5.14. The van der Waals surface area contributed by atoms with Crippen LogP contribution >= 0.6 is 23.2 Å². The van der Waals surface area contributed by atoms with E-state index in [-0.39, 0.29) is 45.5 Å². The van der Waals surface area contributed by atoms with E-state index in [1.165, 1.54) is 28.8 Å². The van der Waals surface area contributed by atoms with Crippen LogP contribution in [0, 0.1) is 0 Å². The maximum atomic E-state index is 12.9. The lowest BCUT2D eigenvalue weighted by Gasteiger charge is -2.14. The molecule has 31 heavy (non-hydrogen) atoms. The molecule has 0 fully saturated rings. The molecule has 0 bridgehead atoms. The van der Waals surface area contributed by atoms with Crippen LogP contribution in [0.15, 0.2) is 41.2 Å². The van der Waals surface area contributed by atoms with Crippen LogP contribution in [0.2, 0.25) is 10.0 Å². The Balaban J connectivity index is 1.66. The summed E-state index contributed by atoms with van der Waals surface area (Å²) in [6.07, 6.45) is -2.68. The molecule has 1 atom stereocenters. The zero-order valence-corrected chi connectivity index (χ0v) is 17.2. The smallest absolute Gasteiger partial charge is 0.417 e. The standard InChI is InChI=1S/C19H13Cl2F3N4O3/c1-9(8-29)30-15-5-12(20)11(4-13(15)21)17-26-18(31-27-17)14-7-28-6-10(19(22,23)24)2-3-16(28)25-14/h2-7,9,29H,8H2,1H3. The molecule has 12 heteroatoms. The first-order chi connectivity index (χ1) is 14.7. The monoisotopic (exact) mass is 472 g/mol. The molecule has 0 saturated carbocycles. The fraction of sp³-hybridized carbons (Fsp3) is 0.211. The van der Waals surface area contributed by atoms with Crippen LogP contribution < -0.4 is 4.74 Å². The van der Waals surface area contributed by atoms with E-state index in [2.05, 4.69) is 15.1 Å². The normalized spacial score (nSPS) is 13.0. The number of hydrogen-bond donors (Lipinski definition) is 1. The zero-order valence-electron chi connectivity index (χ0n) is 15.7. The summed E-state index contributed by atoms with van der Waals surface area (Å²) in [5.74, 6) is 0.381. The first kappa shape index (κ1) is 21.4. The molecule has 0 amide bonds. The highest BCUT2D eigenvalue weighted by molar-refractivity contribution is 6.36. The molecule has 1 unspecified atom stereocenters. The minimum atomic E-state index is -4.48. The maximum absolute atomic E-state index is 12.9. The number of aliphatic hydroxyl groups is 1. The Labute approximate surface area is 183 Å². The summed E-state index contributed by atoms with van der Waals surface area (Å²) in [5.41, 5.74) is 0.0172. The lowest BCUT2D eigenvalue weighted by Crippen LogP contribution is -2.16. The third-order valence-corrected chi connectivity index (χ3v) is 4.88. The molecular formula is C19H13Cl2F3N4O3. The lowest BCUT2D eigenvalue weighted by molar-refractivity contribution is -0.137. The Morgan fingerprint density at radius 2 is 1.94 bits per heavy atom. The molecule has 0 aliphatic heterocycles. The number of imidazole rings is 1. The maximum Gasteiger partial charge on any atom is 0.417 e. The second-order valence-electron chi connectivity index (χ2n) is 6.60. The number of aromatic nitrogens is 4. The number of ether oxygens (including phenoxy) is 1. The van der Waals surface area contributed by atoms with E-state index in [0.29, 0.717) is 5.56 Å². The molecule has 7 nitrogen and oxygen atoms in total. The van der Waals surface area contributed by atoms with Crippen LogP contribution in [-0.4, -0.2) is 37.3 Å². The second kappa shape index (κ2) is 8.03. The van der Waals surface area contributed by atoms with Crippen molar-refractivity contribution in [3.8, 4) is 28.7 Å². The van der Waals surface area contributed by atoms with E-state index in [1.807, 2.05) is 0 Å². The van der Waals surface area contributed by atoms with Gasteiger partial charge in [0, 0.05) is 24.0 Å². The van der Waals surface area contributed by atoms with Gasteiger partial charge in [-0.2, -0.15) is 18.2 Å². The first-order valence-electron chi connectivity index (χ1n) is 8.82. The van der Waals surface area contributed by atoms with E-state index in [4.69, 9.17) is 37.6 Å². The highest BCUT2D eigenvalue weighted by Gasteiger charge is 2.31. The minimum Gasteiger partial charge on any atom is -0.487 e. The quantitative estimate of drug-likeness (QED) is 0.432. The van der Waals surface area contributed by atoms with Crippen LogP contribution in [0.1, 0.15) is 12.5 Å². The van der Waals surface area contributed by atoms with Crippen LogP contribution in [0.5, 0.6) is 5.75 Å². The van der Waals surface area contributed by atoms with Gasteiger partial charge >= 0.3 is 6.18 Å². The fourth-order valence-electron chi connectivity index (χ4n) is 2.74. The summed E-state index contributed by atoms with van der Waals surface area (Å²) in [5, 5.41) is 13.4. The number of rotatable bonds is 5. The average Bonchev–Trinajstić information content (AvgIpc) is 3.35. The molecule has 4 aromatic rings. The molecule has 162 valence electrons.